The number of carbonyl (C=O) groups excluding carboxylic acids is 10. The molecule has 31 heteroatoms. The number of unbranched alkanes of at least 4 members (excludes halogenated alkanes) is 1. The molecule has 10 atom stereocenters. The average molecular weight is 1310 g/mol. The number of aromatic amines is 2. The monoisotopic (exact) mass is 1310 g/mol. The predicted molar refractivity (Wildman–Crippen MR) is 339 cm³/mol. The molecule has 2 aromatic carbocycles. The number of primary amides is 1. The number of aryl methyl sites for hydroxylation is 1. The molecule has 14 N–H and O–H groups in total. The van der Waals surface area contributed by atoms with Crippen LogP contribution in [0, 0.1) is 0 Å². The van der Waals surface area contributed by atoms with Gasteiger partial charge < -0.3 is 87.8 Å². The number of benzene rings is 2. The van der Waals surface area contributed by atoms with Gasteiger partial charge in [-0.3, -0.25) is 47.8 Å². The molecule has 93 heavy (non-hydrogen) atoms. The first kappa shape index (κ1) is 68.7. The lowest BCUT2D eigenvalue weighted by Crippen LogP contribution is -2.60. The summed E-state index contributed by atoms with van der Waals surface area (Å²) in [5.41, 5.74) is 8.85. The van der Waals surface area contributed by atoms with Gasteiger partial charge in [-0.05, 0) is 75.1 Å². The number of aliphatic hydroxyl groups is 1. The van der Waals surface area contributed by atoms with Gasteiger partial charge in [0, 0.05) is 96.7 Å². The Bertz CT molecular complexity index is 3430. The highest BCUT2D eigenvalue weighted by Crippen LogP contribution is 2.33. The molecule has 5 aromatic rings. The Morgan fingerprint density at radius 1 is 0.699 bits per heavy atom. The van der Waals surface area contributed by atoms with Crippen LogP contribution >= 0.6 is 11.8 Å². The maximum absolute atomic E-state index is 14.9. The molecule has 7 heterocycles. The molecule has 2 bridgehead atoms. The first-order valence-electron chi connectivity index (χ1n) is 31.7. The van der Waals surface area contributed by atoms with E-state index < -0.39 is 103 Å². The number of carbonyl (C=O) groups is 10. The molecule has 9 rings (SSSR count). The fraction of sp³-hybridized carbons (Fsp3) is 0.548. The van der Waals surface area contributed by atoms with Gasteiger partial charge in [0.2, 0.25) is 53.2 Å². The third-order valence-corrected chi connectivity index (χ3v) is 18.4. The maximum atomic E-state index is 14.9. The van der Waals surface area contributed by atoms with Gasteiger partial charge in [-0.2, -0.15) is 11.8 Å². The largest absolute Gasteiger partial charge is 0.394 e. The zero-order valence-corrected chi connectivity index (χ0v) is 52.7. The highest BCUT2D eigenvalue weighted by molar-refractivity contribution is 8.00. The second-order valence-corrected chi connectivity index (χ2v) is 24.9. The highest BCUT2D eigenvalue weighted by Gasteiger charge is 2.43. The lowest BCUT2D eigenvalue weighted by atomic mass is 10.0. The van der Waals surface area contributed by atoms with Gasteiger partial charge in [0.15, 0.2) is 0 Å². The number of ether oxygens (including phenoxy) is 3. The fourth-order valence-corrected chi connectivity index (χ4v) is 13.5. The SMILES string of the molecule is C[C@@H]1NC(=O)[C@@H](Cc2c[nH]c3ccccc23)NC(=O)[C@@H](Cc2c[nH]c3ccccc23)NC(=O)[C@H]2CCCN2C(=O)[C@@H](CO)NC(=O)[C@@H](NC(=O)COCCOCCOCCNC(=O)CCCCC2SC[C@@H]3NC(=O)N[C@H]23)Cc2cn(nn2)CCCC[C@@H](C(N)=O)NC1=O. The zero-order valence-electron chi connectivity index (χ0n) is 51.9. The molecule has 30 nitrogen and oxygen atoms in total. The predicted octanol–water partition coefficient (Wildman–Crippen LogP) is -1.26. The number of nitrogens with two attached hydrogens (primary N) is 1. The quantitative estimate of drug-likeness (QED) is 0.0268. The van der Waals surface area contributed by atoms with Crippen molar-refractivity contribution in [3.05, 3.63) is 83.9 Å². The minimum atomic E-state index is -1.60. The molecule has 0 spiro atoms. The molecule has 502 valence electrons. The van der Waals surface area contributed by atoms with E-state index in [2.05, 4.69) is 68.1 Å². The molecular formula is C62H84N16O14S. The van der Waals surface area contributed by atoms with Crippen molar-refractivity contribution in [2.45, 2.75) is 150 Å². The van der Waals surface area contributed by atoms with Crippen LogP contribution in [-0.2, 0) is 83.2 Å². The van der Waals surface area contributed by atoms with Crippen LogP contribution in [0.25, 0.3) is 21.8 Å². The number of aromatic nitrogens is 5. The van der Waals surface area contributed by atoms with Gasteiger partial charge >= 0.3 is 6.03 Å². The van der Waals surface area contributed by atoms with E-state index in [1.54, 1.807) is 18.6 Å². The molecule has 0 aliphatic carbocycles. The van der Waals surface area contributed by atoms with E-state index in [-0.39, 0.29) is 108 Å². The summed E-state index contributed by atoms with van der Waals surface area (Å²) < 4.78 is 18.2. The molecule has 3 fully saturated rings. The van der Waals surface area contributed by atoms with Gasteiger partial charge in [0.05, 0.1) is 57.4 Å². The van der Waals surface area contributed by atoms with E-state index >= 15 is 0 Å². The number of hydrogen-bond donors (Lipinski definition) is 13. The number of rotatable bonds is 23. The number of nitrogens with one attached hydrogen (secondary N) is 11. The van der Waals surface area contributed by atoms with Gasteiger partial charge in [-0.1, -0.05) is 48.0 Å². The Labute approximate surface area is 540 Å². The molecule has 0 radical (unpaired) electrons. The smallest absolute Gasteiger partial charge is 0.315 e. The summed E-state index contributed by atoms with van der Waals surface area (Å²) in [5, 5.41) is 46.0. The number of hydrogen-bond acceptors (Lipinski definition) is 17. The van der Waals surface area contributed by atoms with Crippen LogP contribution in [0.1, 0.15) is 81.5 Å². The number of urea groups is 1. The maximum Gasteiger partial charge on any atom is 0.315 e. The van der Waals surface area contributed by atoms with Crippen molar-refractivity contribution in [2.24, 2.45) is 5.73 Å². The van der Waals surface area contributed by atoms with Crippen LogP contribution < -0.4 is 53.6 Å². The Morgan fingerprint density at radius 3 is 2.05 bits per heavy atom. The minimum Gasteiger partial charge on any atom is -0.394 e. The van der Waals surface area contributed by atoms with E-state index in [0.29, 0.717) is 48.6 Å². The molecule has 3 aromatic heterocycles. The topological polar surface area (TPSA) is 418 Å². The fourth-order valence-electron chi connectivity index (χ4n) is 12.0. The van der Waals surface area contributed by atoms with Crippen LogP contribution in [0.15, 0.2) is 67.1 Å². The molecule has 4 aliphatic rings. The lowest BCUT2D eigenvalue weighted by molar-refractivity contribution is -0.143. The van der Waals surface area contributed by atoms with Crippen LogP contribution in [0.5, 0.6) is 0 Å². The Morgan fingerprint density at radius 2 is 1.35 bits per heavy atom. The van der Waals surface area contributed by atoms with E-state index in [4.69, 9.17) is 19.9 Å². The molecule has 3 saturated heterocycles. The van der Waals surface area contributed by atoms with E-state index in [0.717, 1.165) is 46.8 Å². The molecule has 4 aliphatic heterocycles. The van der Waals surface area contributed by atoms with Crippen molar-refractivity contribution in [2.75, 3.05) is 65.1 Å². The number of nitrogens with zero attached hydrogens (tertiary/aromatic N) is 4. The first-order valence-corrected chi connectivity index (χ1v) is 32.8. The van der Waals surface area contributed by atoms with E-state index in [9.17, 15) is 53.1 Å². The van der Waals surface area contributed by atoms with Gasteiger partial charge in [-0.15, -0.1) is 5.10 Å². The Kier molecular flexibility index (Phi) is 25.0. The van der Waals surface area contributed by atoms with E-state index in [1.807, 2.05) is 60.3 Å². The lowest BCUT2D eigenvalue weighted by Gasteiger charge is -2.30. The molecular weight excluding hydrogens is 1220 g/mol. The minimum absolute atomic E-state index is 0.00410. The van der Waals surface area contributed by atoms with Gasteiger partial charge in [0.1, 0.15) is 48.9 Å². The molecule has 1 unspecified atom stereocenters. The summed E-state index contributed by atoms with van der Waals surface area (Å²) in [6, 6.07) is 5.68. The van der Waals surface area contributed by atoms with Crippen LogP contribution in [0.3, 0.4) is 0 Å². The van der Waals surface area contributed by atoms with Crippen molar-refractivity contribution >= 4 is 92.8 Å². The molecule has 11 amide bonds. The Balaban J connectivity index is 0.824. The standard InChI is InChI=1S/C62H84N16O14S/c1-36-56(83)69-44(55(63)82)15-8-9-20-77-32-39(75-76-77)29-47(68-53(81)34-92-26-25-91-24-23-90-22-19-64-52(80)18-7-6-17-51-54-49(35-93-51)73-62(89)74-54)59(86)72-48(33-79)61(88)78-21-10-16-50(78)60(87)71-46(28-38-31-66-43-14-5-3-12-41(38)43)58(85)70-45(57(84)67-36)27-37-30-65-42-13-4-2-11-40(37)42/h2-5,11-14,30-32,36,44-51,54,65-66,79H,6-10,15-29,33-35H2,1H3,(H2,63,82)(H,64,80)(H,67,84)(H,68,81)(H,69,83)(H,70,85)(H,71,87)(H,72,86)(H2,73,74,89)/t36-,44-,45+,46+,47-,48+,49-,50+,51?,54-/m0/s1. The average Bonchev–Trinajstić information content (AvgIpc) is 1.76. The third kappa shape index (κ3) is 19.2. The molecule has 0 saturated carbocycles. The van der Waals surface area contributed by atoms with Gasteiger partial charge in [-0.25, -0.2) is 4.79 Å². The second kappa shape index (κ2) is 33.8. The summed E-state index contributed by atoms with van der Waals surface area (Å²) >= 11 is 1.85. The van der Waals surface area contributed by atoms with Crippen molar-refractivity contribution in [1.29, 1.82) is 0 Å². The highest BCUT2D eigenvalue weighted by atomic mass is 32.2. The van der Waals surface area contributed by atoms with Crippen LogP contribution in [-0.4, -0.2) is 219 Å². The van der Waals surface area contributed by atoms with Crippen LogP contribution in [0.2, 0.25) is 0 Å². The number of aliphatic hydroxyl groups excluding tert-OH is 1. The van der Waals surface area contributed by atoms with E-state index in [1.165, 1.54) is 16.5 Å². The number of thioether (sulfide) groups is 1. The number of H-pyrrole nitrogens is 2. The normalized spacial score (nSPS) is 24.6. The number of amides is 11. The number of fused-ring (bicyclic) bond motifs is 6. The summed E-state index contributed by atoms with van der Waals surface area (Å²) in [6.45, 7) is 1.50. The summed E-state index contributed by atoms with van der Waals surface area (Å²) in [7, 11) is 0. The summed E-state index contributed by atoms with van der Waals surface area (Å²) in [5.74, 6) is -5.35. The van der Waals surface area contributed by atoms with Crippen LogP contribution in [0.4, 0.5) is 4.79 Å². The first-order chi connectivity index (χ1) is 45.0. The second-order valence-electron chi connectivity index (χ2n) is 23.7. The number of para-hydroxylation sites is 2. The summed E-state index contributed by atoms with van der Waals surface area (Å²) in [6.07, 6.45) is 8.92. The van der Waals surface area contributed by atoms with Crippen molar-refractivity contribution < 1.29 is 67.3 Å². The van der Waals surface area contributed by atoms with Crippen molar-refractivity contribution in [3.8, 4) is 0 Å². The van der Waals surface area contributed by atoms with Crippen molar-refractivity contribution in [1.82, 2.24) is 77.7 Å². The summed E-state index contributed by atoms with van der Waals surface area (Å²) in [4.78, 5) is 144. The Hall–Kier alpha value is -8.65. The van der Waals surface area contributed by atoms with Crippen molar-refractivity contribution in [3.63, 3.8) is 0 Å². The third-order valence-electron chi connectivity index (χ3n) is 16.9. The zero-order chi connectivity index (χ0) is 65.8. The van der Waals surface area contributed by atoms with Gasteiger partial charge in [0.25, 0.3) is 0 Å².